The zero-order chi connectivity index (χ0) is 12.5. The number of carbonyl (C=O) groups is 2. The summed E-state index contributed by atoms with van der Waals surface area (Å²) >= 11 is 1.23. The van der Waals surface area contributed by atoms with Crippen molar-refractivity contribution >= 4 is 23.0 Å². The van der Waals surface area contributed by atoms with Gasteiger partial charge in [-0.1, -0.05) is 30.0 Å². The third-order valence-corrected chi connectivity index (χ3v) is 2.93. The van der Waals surface area contributed by atoms with Crippen LogP contribution >= 0.6 is 11.8 Å². The number of amides is 1. The normalized spacial score (nSPS) is 9.71. The first-order chi connectivity index (χ1) is 8.22. The Kier molecular flexibility index (Phi) is 6.17. The molecule has 1 aromatic rings. The maximum absolute atomic E-state index is 11.5. The first-order valence-electron chi connectivity index (χ1n) is 5.30. The maximum Gasteiger partial charge on any atom is 0.406 e. The molecule has 0 heterocycles. The molecule has 1 amide bonds. The van der Waals surface area contributed by atoms with Crippen LogP contribution in [-0.4, -0.2) is 24.9 Å². The molecule has 0 aliphatic carbocycles. The highest BCUT2D eigenvalue weighted by Crippen LogP contribution is 2.19. The number of hydrogen-bond acceptors (Lipinski definition) is 4. The second kappa shape index (κ2) is 7.73. The molecule has 0 unspecified atom stereocenters. The molecule has 0 aliphatic rings. The molecule has 0 saturated carbocycles. The Morgan fingerprint density at radius 2 is 2.00 bits per heavy atom. The average Bonchev–Trinajstić information content (AvgIpc) is 2.35. The predicted molar refractivity (Wildman–Crippen MR) is 66.9 cm³/mol. The lowest BCUT2D eigenvalue weighted by atomic mass is 10.3. The quantitative estimate of drug-likeness (QED) is 0.647. The van der Waals surface area contributed by atoms with Gasteiger partial charge in [-0.05, 0) is 18.6 Å². The molecular formula is C12H15NO3S. The lowest BCUT2D eigenvalue weighted by molar-refractivity contribution is -0.111. The standard InChI is InChI=1S/C12H15NO3S/c1-16-12(15)13-9-5-8-11(14)17-10-6-3-2-4-7-10/h2-4,6-7H,5,8-9H2,1H3,(H,13,15). The zero-order valence-corrected chi connectivity index (χ0v) is 10.5. The van der Waals surface area contributed by atoms with E-state index in [0.29, 0.717) is 19.4 Å². The van der Waals surface area contributed by atoms with E-state index < -0.39 is 6.09 Å². The maximum atomic E-state index is 11.5. The molecule has 0 aliphatic heterocycles. The smallest absolute Gasteiger partial charge is 0.406 e. The minimum atomic E-state index is -0.465. The second-order valence-corrected chi connectivity index (χ2v) is 4.44. The minimum absolute atomic E-state index is 0.0999. The largest absolute Gasteiger partial charge is 0.453 e. The summed E-state index contributed by atoms with van der Waals surface area (Å²) in [7, 11) is 1.31. The summed E-state index contributed by atoms with van der Waals surface area (Å²) < 4.78 is 4.41. The first kappa shape index (κ1) is 13.6. The fraction of sp³-hybridized carbons (Fsp3) is 0.333. The van der Waals surface area contributed by atoms with E-state index in [0.717, 1.165) is 4.90 Å². The molecule has 0 radical (unpaired) electrons. The second-order valence-electron chi connectivity index (χ2n) is 3.31. The van der Waals surface area contributed by atoms with Gasteiger partial charge in [0.25, 0.3) is 0 Å². The number of alkyl carbamates (subject to hydrolysis) is 1. The van der Waals surface area contributed by atoms with Crippen molar-refractivity contribution in [2.75, 3.05) is 13.7 Å². The van der Waals surface area contributed by atoms with Crippen molar-refractivity contribution < 1.29 is 14.3 Å². The summed E-state index contributed by atoms with van der Waals surface area (Å²) in [5.41, 5.74) is 0. The number of methoxy groups -OCH3 is 1. The van der Waals surface area contributed by atoms with Gasteiger partial charge in [0.1, 0.15) is 0 Å². The van der Waals surface area contributed by atoms with Gasteiger partial charge in [0.05, 0.1) is 7.11 Å². The van der Waals surface area contributed by atoms with Crippen molar-refractivity contribution in [3.63, 3.8) is 0 Å². The van der Waals surface area contributed by atoms with Crippen molar-refractivity contribution in [2.45, 2.75) is 17.7 Å². The van der Waals surface area contributed by atoms with Gasteiger partial charge in [0, 0.05) is 17.9 Å². The predicted octanol–water partition coefficient (Wildman–Crippen LogP) is 2.44. The number of ether oxygens (including phenoxy) is 1. The number of carbonyl (C=O) groups excluding carboxylic acids is 2. The van der Waals surface area contributed by atoms with Gasteiger partial charge in [0.2, 0.25) is 0 Å². The molecule has 1 aromatic carbocycles. The fourth-order valence-electron chi connectivity index (χ4n) is 1.17. The Hall–Kier alpha value is -1.49. The van der Waals surface area contributed by atoms with Crippen molar-refractivity contribution in [3.8, 4) is 0 Å². The molecule has 0 aromatic heterocycles. The molecule has 5 heteroatoms. The summed E-state index contributed by atoms with van der Waals surface area (Å²) in [5.74, 6) is 0. The lowest BCUT2D eigenvalue weighted by Crippen LogP contribution is -2.24. The minimum Gasteiger partial charge on any atom is -0.453 e. The van der Waals surface area contributed by atoms with Crippen LogP contribution in [0.25, 0.3) is 0 Å². The van der Waals surface area contributed by atoms with Gasteiger partial charge in [0.15, 0.2) is 5.12 Å². The highest BCUT2D eigenvalue weighted by atomic mass is 32.2. The van der Waals surface area contributed by atoms with E-state index in [1.807, 2.05) is 30.3 Å². The van der Waals surface area contributed by atoms with E-state index >= 15 is 0 Å². The van der Waals surface area contributed by atoms with E-state index in [4.69, 9.17) is 0 Å². The monoisotopic (exact) mass is 253 g/mol. The molecule has 17 heavy (non-hydrogen) atoms. The van der Waals surface area contributed by atoms with Crippen LogP contribution in [0, 0.1) is 0 Å². The van der Waals surface area contributed by atoms with Crippen molar-refractivity contribution in [1.82, 2.24) is 5.32 Å². The van der Waals surface area contributed by atoms with Crippen LogP contribution in [-0.2, 0) is 9.53 Å². The van der Waals surface area contributed by atoms with E-state index in [1.165, 1.54) is 18.9 Å². The lowest BCUT2D eigenvalue weighted by Gasteiger charge is -2.03. The van der Waals surface area contributed by atoms with Crippen LogP contribution in [0.2, 0.25) is 0 Å². The summed E-state index contributed by atoms with van der Waals surface area (Å²) in [6.45, 7) is 0.452. The number of benzene rings is 1. The SMILES string of the molecule is COC(=O)NCCCC(=O)Sc1ccccc1. The van der Waals surface area contributed by atoms with Crippen LogP contribution < -0.4 is 5.32 Å². The Balaban J connectivity index is 2.16. The van der Waals surface area contributed by atoms with Gasteiger partial charge < -0.3 is 10.1 Å². The van der Waals surface area contributed by atoms with E-state index in [9.17, 15) is 9.59 Å². The summed E-state index contributed by atoms with van der Waals surface area (Å²) in [4.78, 5) is 23.2. The molecule has 4 nitrogen and oxygen atoms in total. The number of hydrogen-bond donors (Lipinski definition) is 1. The Morgan fingerprint density at radius 1 is 1.29 bits per heavy atom. The topological polar surface area (TPSA) is 55.4 Å². The molecule has 92 valence electrons. The van der Waals surface area contributed by atoms with E-state index in [2.05, 4.69) is 10.1 Å². The zero-order valence-electron chi connectivity index (χ0n) is 9.64. The Labute approximate surface area is 105 Å². The summed E-state index contributed by atoms with van der Waals surface area (Å²) in [6.07, 6.45) is 0.588. The van der Waals surface area contributed by atoms with Crippen LogP contribution in [0.1, 0.15) is 12.8 Å². The van der Waals surface area contributed by atoms with Crippen molar-refractivity contribution in [1.29, 1.82) is 0 Å². The molecule has 0 fully saturated rings. The van der Waals surface area contributed by atoms with Gasteiger partial charge in [-0.2, -0.15) is 0 Å². The molecule has 1 N–H and O–H groups in total. The third-order valence-electron chi connectivity index (χ3n) is 1.99. The van der Waals surface area contributed by atoms with Crippen LogP contribution in [0.4, 0.5) is 4.79 Å². The summed E-state index contributed by atoms with van der Waals surface area (Å²) in [5, 5.41) is 2.63. The van der Waals surface area contributed by atoms with Crippen molar-refractivity contribution in [2.24, 2.45) is 0 Å². The number of thioether (sulfide) groups is 1. The highest BCUT2D eigenvalue weighted by molar-refractivity contribution is 8.13. The highest BCUT2D eigenvalue weighted by Gasteiger charge is 2.04. The number of rotatable bonds is 5. The third kappa shape index (κ3) is 5.97. The Bertz CT molecular complexity index is 367. The van der Waals surface area contributed by atoms with Crippen LogP contribution in [0.3, 0.4) is 0 Å². The molecule has 0 bridgehead atoms. The van der Waals surface area contributed by atoms with Gasteiger partial charge in [-0.3, -0.25) is 4.79 Å². The van der Waals surface area contributed by atoms with Gasteiger partial charge >= 0.3 is 6.09 Å². The fourth-order valence-corrected chi connectivity index (χ4v) is 1.97. The van der Waals surface area contributed by atoms with Gasteiger partial charge in [-0.15, -0.1) is 0 Å². The van der Waals surface area contributed by atoms with E-state index in [1.54, 1.807) is 0 Å². The molecule has 0 saturated heterocycles. The molecular weight excluding hydrogens is 238 g/mol. The number of nitrogens with one attached hydrogen (secondary N) is 1. The molecule has 0 atom stereocenters. The first-order valence-corrected chi connectivity index (χ1v) is 6.11. The molecule has 1 rings (SSSR count). The van der Waals surface area contributed by atoms with Crippen LogP contribution in [0.5, 0.6) is 0 Å². The summed E-state index contributed by atoms with van der Waals surface area (Å²) in [6, 6.07) is 9.50. The Morgan fingerprint density at radius 3 is 2.65 bits per heavy atom. The van der Waals surface area contributed by atoms with Crippen LogP contribution in [0.15, 0.2) is 35.2 Å². The average molecular weight is 253 g/mol. The van der Waals surface area contributed by atoms with E-state index in [-0.39, 0.29) is 5.12 Å². The van der Waals surface area contributed by atoms with Crippen molar-refractivity contribution in [3.05, 3.63) is 30.3 Å². The van der Waals surface area contributed by atoms with Gasteiger partial charge in [-0.25, -0.2) is 4.79 Å². The molecule has 0 spiro atoms.